The molecule has 0 bridgehead atoms. The van der Waals surface area contributed by atoms with Crippen LogP contribution >= 0.6 is 0 Å². The van der Waals surface area contributed by atoms with Crippen molar-refractivity contribution in [3.8, 4) is 5.75 Å². The van der Waals surface area contributed by atoms with Crippen molar-refractivity contribution in [1.29, 1.82) is 0 Å². The minimum Gasteiger partial charge on any atom is -0.489 e. The van der Waals surface area contributed by atoms with E-state index in [1.165, 1.54) is 0 Å². The lowest BCUT2D eigenvalue weighted by molar-refractivity contribution is -0.146. The Bertz CT molecular complexity index is 1510. The molecule has 0 aliphatic rings. The fraction of sp³-hybridized carbons (Fsp3) is 0.378. The van der Waals surface area contributed by atoms with E-state index >= 15 is 0 Å². The zero-order valence-corrected chi connectivity index (χ0v) is 28.4. The molecule has 0 radical (unpaired) electrons. The van der Waals surface area contributed by atoms with E-state index in [0.717, 1.165) is 11.1 Å². The number of alkyl carbamates (subject to hydrolysis) is 1. The quantitative estimate of drug-likeness (QED) is 0.139. The zero-order valence-electron chi connectivity index (χ0n) is 28.4. The van der Waals surface area contributed by atoms with Gasteiger partial charge in [0.2, 0.25) is 11.8 Å². The third-order valence-corrected chi connectivity index (χ3v) is 6.84. The number of ether oxygens (including phenoxy) is 4. The summed E-state index contributed by atoms with van der Waals surface area (Å²) < 4.78 is 21.5. The Labute approximate surface area is 286 Å². The number of carbonyl (C=O) groups excluding carboxylic acids is 5. The average Bonchev–Trinajstić information content (AvgIpc) is 3.07. The first-order chi connectivity index (χ1) is 23.4. The summed E-state index contributed by atoms with van der Waals surface area (Å²) >= 11 is 0. The van der Waals surface area contributed by atoms with E-state index in [-0.39, 0.29) is 32.5 Å². The highest BCUT2D eigenvalue weighted by Gasteiger charge is 2.29. The van der Waals surface area contributed by atoms with E-state index in [9.17, 15) is 24.0 Å². The highest BCUT2D eigenvalue weighted by molar-refractivity contribution is 5.92. The van der Waals surface area contributed by atoms with Gasteiger partial charge in [-0.3, -0.25) is 19.2 Å². The summed E-state index contributed by atoms with van der Waals surface area (Å²) in [5.41, 5.74) is 1.66. The van der Waals surface area contributed by atoms with Crippen LogP contribution in [0.5, 0.6) is 5.75 Å². The molecule has 12 nitrogen and oxygen atoms in total. The second-order valence-corrected chi connectivity index (χ2v) is 12.1. The van der Waals surface area contributed by atoms with Gasteiger partial charge in [-0.05, 0) is 62.9 Å². The van der Waals surface area contributed by atoms with Crippen molar-refractivity contribution in [2.24, 2.45) is 0 Å². The van der Waals surface area contributed by atoms with Gasteiger partial charge in [-0.15, -0.1) is 0 Å². The predicted molar refractivity (Wildman–Crippen MR) is 181 cm³/mol. The molecule has 0 saturated heterocycles. The molecule has 49 heavy (non-hydrogen) atoms. The SMILES string of the molecule is CCOC(=O)CNC(=O)[C@@H](CCC(=O)OCc1ccccc1)NC(=O)[C@H](Cc1ccc(OCc2ccccc2)cc1)NC(=O)OC(C)(C)C. The topological polar surface area (TPSA) is 158 Å². The first-order valence-electron chi connectivity index (χ1n) is 16.1. The number of hydrogen-bond acceptors (Lipinski definition) is 9. The molecular weight excluding hydrogens is 630 g/mol. The molecule has 262 valence electrons. The van der Waals surface area contributed by atoms with Gasteiger partial charge in [0.05, 0.1) is 6.61 Å². The summed E-state index contributed by atoms with van der Waals surface area (Å²) in [7, 11) is 0. The highest BCUT2D eigenvalue weighted by atomic mass is 16.6. The van der Waals surface area contributed by atoms with Crippen molar-refractivity contribution >= 4 is 29.8 Å². The van der Waals surface area contributed by atoms with Gasteiger partial charge in [0.15, 0.2) is 0 Å². The van der Waals surface area contributed by atoms with Crippen molar-refractivity contribution in [2.45, 2.75) is 77.9 Å². The lowest BCUT2D eigenvalue weighted by atomic mass is 10.0. The number of rotatable bonds is 17. The number of amides is 3. The fourth-order valence-corrected chi connectivity index (χ4v) is 4.47. The zero-order chi connectivity index (χ0) is 35.6. The van der Waals surface area contributed by atoms with Crippen LogP contribution in [0.1, 0.15) is 57.2 Å². The van der Waals surface area contributed by atoms with Crippen molar-refractivity contribution in [2.75, 3.05) is 13.2 Å². The third-order valence-electron chi connectivity index (χ3n) is 6.84. The van der Waals surface area contributed by atoms with E-state index in [1.54, 1.807) is 52.0 Å². The average molecular weight is 676 g/mol. The van der Waals surface area contributed by atoms with E-state index in [4.69, 9.17) is 18.9 Å². The molecule has 0 unspecified atom stereocenters. The Balaban J connectivity index is 1.72. The molecule has 0 heterocycles. The van der Waals surface area contributed by atoms with E-state index in [0.29, 0.717) is 17.9 Å². The van der Waals surface area contributed by atoms with E-state index in [2.05, 4.69) is 16.0 Å². The Morgan fingerprint density at radius 3 is 1.88 bits per heavy atom. The van der Waals surface area contributed by atoms with E-state index < -0.39 is 54.1 Å². The third kappa shape index (κ3) is 14.9. The van der Waals surface area contributed by atoms with Crippen LogP contribution in [0.2, 0.25) is 0 Å². The molecular formula is C37H45N3O9. The Morgan fingerprint density at radius 1 is 0.673 bits per heavy atom. The molecule has 3 aromatic rings. The standard InChI is InChI=1S/C37H45N3O9/c1-5-46-33(42)23-38-34(43)30(20-21-32(41)48-25-28-14-10-7-11-15-28)39-35(44)31(40-36(45)49-37(2,3)4)22-26-16-18-29(19-17-26)47-24-27-12-8-6-9-13-27/h6-19,30-31H,5,20-25H2,1-4H3,(H,38,43)(H,39,44)(H,40,45)/t30-,31+/m1/s1. The number of carbonyl (C=O) groups is 5. The molecule has 3 amide bonds. The molecule has 0 aliphatic carbocycles. The molecule has 3 N–H and O–H groups in total. The first-order valence-corrected chi connectivity index (χ1v) is 16.1. The summed E-state index contributed by atoms with van der Waals surface area (Å²) in [6, 6.07) is 23.4. The van der Waals surface area contributed by atoms with Crippen LogP contribution in [0.15, 0.2) is 84.9 Å². The van der Waals surface area contributed by atoms with Crippen LogP contribution in [-0.4, -0.2) is 60.7 Å². The van der Waals surface area contributed by atoms with Crippen LogP contribution in [-0.2, 0) is 53.0 Å². The molecule has 3 aromatic carbocycles. The molecule has 0 spiro atoms. The maximum Gasteiger partial charge on any atom is 0.408 e. The summed E-state index contributed by atoms with van der Waals surface area (Å²) in [4.78, 5) is 64.1. The molecule has 2 atom stereocenters. The first kappa shape index (κ1) is 38.1. The Kier molecular flexibility index (Phi) is 15.1. The maximum absolute atomic E-state index is 13.7. The van der Waals surface area contributed by atoms with Crippen LogP contribution in [0.4, 0.5) is 4.79 Å². The Hall–Kier alpha value is -5.39. The van der Waals surface area contributed by atoms with Gasteiger partial charge < -0.3 is 34.9 Å². The van der Waals surface area contributed by atoms with Gasteiger partial charge in [0, 0.05) is 12.8 Å². The highest BCUT2D eigenvalue weighted by Crippen LogP contribution is 2.16. The number of esters is 2. The van der Waals surface area contributed by atoms with Crippen molar-refractivity contribution < 1.29 is 42.9 Å². The fourth-order valence-electron chi connectivity index (χ4n) is 4.47. The van der Waals surface area contributed by atoms with Gasteiger partial charge in [0.1, 0.15) is 43.2 Å². The lowest BCUT2D eigenvalue weighted by Crippen LogP contribution is -2.55. The second-order valence-electron chi connectivity index (χ2n) is 12.1. The molecule has 0 aromatic heterocycles. The van der Waals surface area contributed by atoms with Gasteiger partial charge in [-0.25, -0.2) is 4.79 Å². The molecule has 0 fully saturated rings. The van der Waals surface area contributed by atoms with Crippen molar-refractivity contribution in [3.05, 3.63) is 102 Å². The lowest BCUT2D eigenvalue weighted by Gasteiger charge is -2.25. The Morgan fingerprint density at radius 2 is 1.29 bits per heavy atom. The normalized spacial score (nSPS) is 12.1. The monoisotopic (exact) mass is 675 g/mol. The number of benzene rings is 3. The number of hydrogen-bond donors (Lipinski definition) is 3. The predicted octanol–water partition coefficient (Wildman–Crippen LogP) is 4.39. The molecule has 0 saturated carbocycles. The van der Waals surface area contributed by atoms with Gasteiger partial charge in [0.25, 0.3) is 0 Å². The maximum atomic E-state index is 13.7. The second kappa shape index (κ2) is 19.4. The molecule has 12 heteroatoms. The largest absolute Gasteiger partial charge is 0.489 e. The van der Waals surface area contributed by atoms with Gasteiger partial charge in [-0.1, -0.05) is 72.8 Å². The summed E-state index contributed by atoms with van der Waals surface area (Å²) in [5.74, 6) is -2.05. The van der Waals surface area contributed by atoms with Crippen molar-refractivity contribution in [3.63, 3.8) is 0 Å². The summed E-state index contributed by atoms with van der Waals surface area (Å²) in [6.07, 6.45) is -1.14. The van der Waals surface area contributed by atoms with Crippen LogP contribution in [0.25, 0.3) is 0 Å². The van der Waals surface area contributed by atoms with Crippen LogP contribution < -0.4 is 20.7 Å². The van der Waals surface area contributed by atoms with Gasteiger partial charge in [-0.2, -0.15) is 0 Å². The molecule has 0 aliphatic heterocycles. The van der Waals surface area contributed by atoms with Crippen molar-refractivity contribution in [1.82, 2.24) is 16.0 Å². The summed E-state index contributed by atoms with van der Waals surface area (Å²) in [5, 5.41) is 7.67. The van der Waals surface area contributed by atoms with Gasteiger partial charge >= 0.3 is 18.0 Å². The number of nitrogens with one attached hydrogen (secondary N) is 3. The van der Waals surface area contributed by atoms with Crippen LogP contribution in [0.3, 0.4) is 0 Å². The van der Waals surface area contributed by atoms with E-state index in [1.807, 2.05) is 60.7 Å². The summed E-state index contributed by atoms with van der Waals surface area (Å²) in [6.45, 7) is 6.82. The minimum atomic E-state index is -1.25. The molecule has 3 rings (SSSR count). The smallest absolute Gasteiger partial charge is 0.408 e. The van der Waals surface area contributed by atoms with Crippen LogP contribution in [0, 0.1) is 0 Å². The minimum absolute atomic E-state index is 0.0420.